The van der Waals surface area contributed by atoms with Crippen molar-refractivity contribution in [3.05, 3.63) is 47.3 Å². The molecule has 0 unspecified atom stereocenters. The Labute approximate surface area is 212 Å². The molecule has 5 rings (SSSR count). The Morgan fingerprint density at radius 3 is 2.54 bits per heavy atom. The highest BCUT2D eigenvalue weighted by atomic mass is 19.1. The first kappa shape index (κ1) is 25.5. The highest BCUT2D eigenvalue weighted by molar-refractivity contribution is 5.27. The fourth-order valence-electron chi connectivity index (χ4n) is 9.51. The number of hydrogen-bond acceptors (Lipinski definition) is 2. The van der Waals surface area contributed by atoms with E-state index in [-0.39, 0.29) is 11.2 Å². The SMILES string of the molecule is CC[C@]1(O)CC[C@@]2(C)C(=CC[C@H]3[C@@H]4CC[C@H]([C@H](C)CC[C@H](O)c5ccccc5F)[C@@]4(C)CC[C@@H]32)C1. The summed E-state index contributed by atoms with van der Waals surface area (Å²) in [5.74, 6) is 3.26. The van der Waals surface area contributed by atoms with Crippen molar-refractivity contribution in [1.29, 1.82) is 0 Å². The van der Waals surface area contributed by atoms with Crippen molar-refractivity contribution in [3.8, 4) is 0 Å². The summed E-state index contributed by atoms with van der Waals surface area (Å²) < 4.78 is 14.1. The highest BCUT2D eigenvalue weighted by Crippen LogP contribution is 2.67. The van der Waals surface area contributed by atoms with Gasteiger partial charge in [-0.15, -0.1) is 0 Å². The van der Waals surface area contributed by atoms with Crippen molar-refractivity contribution in [2.75, 3.05) is 0 Å². The minimum Gasteiger partial charge on any atom is -0.390 e. The van der Waals surface area contributed by atoms with Gasteiger partial charge in [-0.25, -0.2) is 4.39 Å². The van der Waals surface area contributed by atoms with Gasteiger partial charge in [0, 0.05) is 5.56 Å². The fourth-order valence-corrected chi connectivity index (χ4v) is 9.51. The van der Waals surface area contributed by atoms with Gasteiger partial charge in [-0.1, -0.05) is 57.5 Å². The van der Waals surface area contributed by atoms with Gasteiger partial charge >= 0.3 is 0 Å². The standard InChI is InChI=1S/C32H47FO2/c1-5-32(35)19-18-30(3)22(20-32)11-12-23-26-14-13-25(31(26,4)17-16-27(23)30)21(2)10-15-29(34)24-8-6-7-9-28(24)33/h6-9,11,21,23,25-27,29,34-35H,5,10,12-20H2,1-4H3/t21-,23+,25-,26+,27+,29+,30+,31-,32+/m1/s1. The molecule has 4 aliphatic carbocycles. The summed E-state index contributed by atoms with van der Waals surface area (Å²) in [4.78, 5) is 0. The van der Waals surface area contributed by atoms with Gasteiger partial charge in [-0.05, 0) is 117 Å². The molecule has 0 bridgehead atoms. The summed E-state index contributed by atoms with van der Waals surface area (Å²) in [6.45, 7) is 9.61. The summed E-state index contributed by atoms with van der Waals surface area (Å²) in [6.07, 6.45) is 13.7. The number of hydrogen-bond donors (Lipinski definition) is 2. The monoisotopic (exact) mass is 482 g/mol. The van der Waals surface area contributed by atoms with Crippen LogP contribution in [-0.4, -0.2) is 15.8 Å². The quantitative estimate of drug-likeness (QED) is 0.403. The van der Waals surface area contributed by atoms with Crippen LogP contribution in [0, 0.1) is 46.2 Å². The number of fused-ring (bicyclic) bond motifs is 5. The predicted octanol–water partition coefficient (Wildman–Crippen LogP) is 8.00. The van der Waals surface area contributed by atoms with Crippen LogP contribution in [0.1, 0.15) is 110 Å². The van der Waals surface area contributed by atoms with E-state index in [1.165, 1.54) is 38.2 Å². The van der Waals surface area contributed by atoms with Gasteiger partial charge in [0.2, 0.25) is 0 Å². The number of allylic oxidation sites excluding steroid dienone is 1. The summed E-state index contributed by atoms with van der Waals surface area (Å²) in [5, 5.41) is 21.7. The molecule has 2 nitrogen and oxygen atoms in total. The molecule has 9 atom stereocenters. The third kappa shape index (κ3) is 4.23. The lowest BCUT2D eigenvalue weighted by molar-refractivity contribution is -0.0757. The Morgan fingerprint density at radius 2 is 1.80 bits per heavy atom. The summed E-state index contributed by atoms with van der Waals surface area (Å²) >= 11 is 0. The van der Waals surface area contributed by atoms with E-state index in [1.807, 2.05) is 6.07 Å². The zero-order valence-corrected chi connectivity index (χ0v) is 22.4. The van der Waals surface area contributed by atoms with E-state index in [0.29, 0.717) is 29.2 Å². The van der Waals surface area contributed by atoms with Crippen molar-refractivity contribution < 1.29 is 14.6 Å². The van der Waals surface area contributed by atoms with Gasteiger partial charge in [-0.2, -0.15) is 0 Å². The molecule has 194 valence electrons. The Balaban J connectivity index is 1.28. The van der Waals surface area contributed by atoms with Gasteiger partial charge in [0.15, 0.2) is 0 Å². The second-order valence-electron chi connectivity index (χ2n) is 13.3. The van der Waals surface area contributed by atoms with Crippen LogP contribution < -0.4 is 0 Å². The third-order valence-corrected chi connectivity index (χ3v) is 11.8. The van der Waals surface area contributed by atoms with Crippen LogP contribution in [0.4, 0.5) is 4.39 Å². The maximum Gasteiger partial charge on any atom is 0.128 e. The molecule has 35 heavy (non-hydrogen) atoms. The first-order valence-electron chi connectivity index (χ1n) is 14.5. The molecular formula is C32H47FO2. The molecule has 1 aromatic carbocycles. The summed E-state index contributed by atoms with van der Waals surface area (Å²) in [6, 6.07) is 6.66. The summed E-state index contributed by atoms with van der Waals surface area (Å²) in [5.41, 5.74) is 2.17. The average Bonchev–Trinajstić information content (AvgIpc) is 3.20. The maximum atomic E-state index is 14.1. The van der Waals surface area contributed by atoms with Crippen LogP contribution in [0.3, 0.4) is 0 Å². The Morgan fingerprint density at radius 1 is 1.03 bits per heavy atom. The molecule has 0 spiro atoms. The maximum absolute atomic E-state index is 14.1. The normalized spacial score (nSPS) is 42.4. The molecule has 0 heterocycles. The molecule has 0 aromatic heterocycles. The lowest BCUT2D eigenvalue weighted by atomic mass is 9.46. The number of aliphatic hydroxyl groups is 2. The first-order valence-corrected chi connectivity index (χ1v) is 14.5. The van der Waals surface area contributed by atoms with Crippen LogP contribution in [0.2, 0.25) is 0 Å². The minimum absolute atomic E-state index is 0.277. The van der Waals surface area contributed by atoms with E-state index in [9.17, 15) is 14.6 Å². The molecule has 3 fully saturated rings. The molecule has 0 saturated heterocycles. The molecule has 3 heteroatoms. The predicted molar refractivity (Wildman–Crippen MR) is 140 cm³/mol. The average molecular weight is 483 g/mol. The van der Waals surface area contributed by atoms with Gasteiger partial charge in [0.05, 0.1) is 11.7 Å². The van der Waals surface area contributed by atoms with Crippen LogP contribution in [0.5, 0.6) is 0 Å². The molecular weight excluding hydrogens is 435 g/mol. The van der Waals surface area contributed by atoms with Gasteiger partial charge in [0.25, 0.3) is 0 Å². The van der Waals surface area contributed by atoms with Crippen LogP contribution >= 0.6 is 0 Å². The second kappa shape index (κ2) is 9.28. The molecule has 0 amide bonds. The molecule has 0 radical (unpaired) electrons. The van der Waals surface area contributed by atoms with E-state index in [1.54, 1.807) is 17.7 Å². The molecule has 2 N–H and O–H groups in total. The van der Waals surface area contributed by atoms with Crippen molar-refractivity contribution >= 4 is 0 Å². The highest BCUT2D eigenvalue weighted by Gasteiger charge is 2.59. The second-order valence-corrected chi connectivity index (χ2v) is 13.3. The van der Waals surface area contributed by atoms with Crippen LogP contribution in [-0.2, 0) is 0 Å². The lowest BCUT2D eigenvalue weighted by Gasteiger charge is -2.59. The first-order chi connectivity index (χ1) is 16.6. The van der Waals surface area contributed by atoms with Gasteiger partial charge < -0.3 is 10.2 Å². The van der Waals surface area contributed by atoms with Gasteiger partial charge in [-0.3, -0.25) is 0 Å². The molecule has 1 aromatic rings. The van der Waals surface area contributed by atoms with Crippen molar-refractivity contribution in [2.45, 2.75) is 110 Å². The van der Waals surface area contributed by atoms with E-state index < -0.39 is 11.7 Å². The largest absolute Gasteiger partial charge is 0.390 e. The topological polar surface area (TPSA) is 40.5 Å². The van der Waals surface area contributed by atoms with Crippen LogP contribution in [0.25, 0.3) is 0 Å². The smallest absolute Gasteiger partial charge is 0.128 e. The number of aliphatic hydroxyl groups excluding tert-OH is 1. The number of benzene rings is 1. The van der Waals surface area contributed by atoms with E-state index in [0.717, 1.165) is 49.9 Å². The lowest BCUT2D eigenvalue weighted by Crippen LogP contribution is -2.52. The number of rotatable bonds is 6. The van der Waals surface area contributed by atoms with Gasteiger partial charge in [0.1, 0.15) is 5.82 Å². The third-order valence-electron chi connectivity index (χ3n) is 11.8. The minimum atomic E-state index is -0.714. The van der Waals surface area contributed by atoms with Crippen molar-refractivity contribution in [3.63, 3.8) is 0 Å². The number of halogens is 1. The zero-order chi connectivity index (χ0) is 25.0. The zero-order valence-electron chi connectivity index (χ0n) is 22.4. The Hall–Kier alpha value is -1.19. The van der Waals surface area contributed by atoms with E-state index >= 15 is 0 Å². The van der Waals surface area contributed by atoms with Crippen molar-refractivity contribution in [2.24, 2.45) is 40.4 Å². The van der Waals surface area contributed by atoms with Crippen molar-refractivity contribution in [1.82, 2.24) is 0 Å². The Kier molecular flexibility index (Phi) is 6.75. The molecule has 3 saturated carbocycles. The van der Waals surface area contributed by atoms with E-state index in [4.69, 9.17) is 0 Å². The van der Waals surface area contributed by atoms with Crippen LogP contribution in [0.15, 0.2) is 35.9 Å². The fraction of sp³-hybridized carbons (Fsp3) is 0.750. The van der Waals surface area contributed by atoms with E-state index in [2.05, 4.69) is 33.8 Å². The molecule has 4 aliphatic rings. The Bertz CT molecular complexity index is 957. The summed E-state index contributed by atoms with van der Waals surface area (Å²) in [7, 11) is 0. The molecule has 0 aliphatic heterocycles.